The second kappa shape index (κ2) is 4.62. The van der Waals surface area contributed by atoms with Crippen molar-refractivity contribution in [2.45, 2.75) is 27.3 Å². The molecule has 17 heavy (non-hydrogen) atoms. The predicted octanol–water partition coefficient (Wildman–Crippen LogP) is 3.10. The van der Waals surface area contributed by atoms with Gasteiger partial charge in [-0.2, -0.15) is 5.10 Å². The zero-order valence-corrected chi connectivity index (χ0v) is 10.6. The van der Waals surface area contributed by atoms with Crippen LogP contribution in [0.25, 0.3) is 11.1 Å². The molecule has 0 saturated heterocycles. The Morgan fingerprint density at radius 1 is 1.24 bits per heavy atom. The van der Waals surface area contributed by atoms with Crippen molar-refractivity contribution in [2.75, 3.05) is 5.73 Å². The molecule has 0 unspecified atom stereocenters. The minimum Gasteiger partial charge on any atom is -0.383 e. The van der Waals surface area contributed by atoms with Gasteiger partial charge in [-0.05, 0) is 18.4 Å². The van der Waals surface area contributed by atoms with E-state index in [9.17, 15) is 0 Å². The first-order chi connectivity index (χ1) is 8.09. The Morgan fingerprint density at radius 3 is 2.47 bits per heavy atom. The zero-order valence-electron chi connectivity index (χ0n) is 10.6. The number of aromatic nitrogens is 2. The van der Waals surface area contributed by atoms with Crippen LogP contribution >= 0.6 is 0 Å². The SMILES string of the molecule is Cc1nn(CC(C)C)c(N)c1-c1ccccc1. The Balaban J connectivity index is 2.45. The number of hydrogen-bond acceptors (Lipinski definition) is 2. The molecule has 0 aliphatic carbocycles. The molecule has 0 atom stereocenters. The predicted molar refractivity (Wildman–Crippen MR) is 71.7 cm³/mol. The summed E-state index contributed by atoms with van der Waals surface area (Å²) >= 11 is 0. The summed E-state index contributed by atoms with van der Waals surface area (Å²) in [6.45, 7) is 7.20. The van der Waals surface area contributed by atoms with Gasteiger partial charge < -0.3 is 5.73 Å². The van der Waals surface area contributed by atoms with Crippen molar-refractivity contribution in [1.82, 2.24) is 9.78 Å². The number of nitrogens with zero attached hydrogens (tertiary/aromatic N) is 2. The van der Waals surface area contributed by atoms with E-state index >= 15 is 0 Å². The maximum absolute atomic E-state index is 6.18. The second-order valence-corrected chi connectivity index (χ2v) is 4.79. The summed E-state index contributed by atoms with van der Waals surface area (Å²) in [5.74, 6) is 1.31. The fourth-order valence-electron chi connectivity index (χ4n) is 2.05. The zero-order chi connectivity index (χ0) is 12.4. The van der Waals surface area contributed by atoms with E-state index in [0.717, 1.165) is 29.2 Å². The fraction of sp³-hybridized carbons (Fsp3) is 0.357. The fourth-order valence-corrected chi connectivity index (χ4v) is 2.05. The molecule has 90 valence electrons. The van der Waals surface area contributed by atoms with E-state index in [1.54, 1.807) is 0 Å². The number of hydrogen-bond donors (Lipinski definition) is 1. The summed E-state index contributed by atoms with van der Waals surface area (Å²) in [4.78, 5) is 0. The van der Waals surface area contributed by atoms with Crippen LogP contribution in [-0.2, 0) is 6.54 Å². The summed E-state index contributed by atoms with van der Waals surface area (Å²) < 4.78 is 1.91. The number of anilines is 1. The van der Waals surface area contributed by atoms with Crippen LogP contribution in [0, 0.1) is 12.8 Å². The maximum Gasteiger partial charge on any atom is 0.129 e. The molecule has 1 aromatic heterocycles. The monoisotopic (exact) mass is 229 g/mol. The largest absolute Gasteiger partial charge is 0.383 e. The topological polar surface area (TPSA) is 43.8 Å². The van der Waals surface area contributed by atoms with Gasteiger partial charge in [0.2, 0.25) is 0 Å². The molecule has 0 aliphatic heterocycles. The van der Waals surface area contributed by atoms with Crippen molar-refractivity contribution in [3.8, 4) is 11.1 Å². The molecule has 0 spiro atoms. The van der Waals surface area contributed by atoms with Crippen LogP contribution < -0.4 is 5.73 Å². The van der Waals surface area contributed by atoms with Crippen molar-refractivity contribution in [1.29, 1.82) is 0 Å². The highest BCUT2D eigenvalue weighted by Gasteiger charge is 2.14. The van der Waals surface area contributed by atoms with Gasteiger partial charge in [0.25, 0.3) is 0 Å². The minimum atomic E-state index is 0.542. The van der Waals surface area contributed by atoms with Crippen molar-refractivity contribution in [2.24, 2.45) is 5.92 Å². The highest BCUT2D eigenvalue weighted by molar-refractivity contribution is 5.76. The number of rotatable bonds is 3. The van der Waals surface area contributed by atoms with Gasteiger partial charge in [0.1, 0.15) is 5.82 Å². The van der Waals surface area contributed by atoms with Gasteiger partial charge >= 0.3 is 0 Å². The lowest BCUT2D eigenvalue weighted by Gasteiger charge is -2.07. The van der Waals surface area contributed by atoms with Gasteiger partial charge in [0, 0.05) is 12.1 Å². The molecule has 0 fully saturated rings. The maximum atomic E-state index is 6.18. The Bertz CT molecular complexity index is 498. The van der Waals surface area contributed by atoms with Crippen LogP contribution in [-0.4, -0.2) is 9.78 Å². The molecule has 0 radical (unpaired) electrons. The lowest BCUT2D eigenvalue weighted by Crippen LogP contribution is -2.09. The molecule has 2 aromatic rings. The highest BCUT2D eigenvalue weighted by atomic mass is 15.3. The molecule has 0 saturated carbocycles. The van der Waals surface area contributed by atoms with Crippen LogP contribution in [0.15, 0.2) is 30.3 Å². The van der Waals surface area contributed by atoms with Gasteiger partial charge in [-0.3, -0.25) is 0 Å². The van der Waals surface area contributed by atoms with E-state index in [1.807, 2.05) is 29.8 Å². The number of nitrogen functional groups attached to an aromatic ring is 1. The molecule has 1 aromatic carbocycles. The van der Waals surface area contributed by atoms with E-state index in [-0.39, 0.29) is 0 Å². The smallest absolute Gasteiger partial charge is 0.129 e. The Hall–Kier alpha value is -1.77. The lowest BCUT2D eigenvalue weighted by atomic mass is 10.1. The van der Waals surface area contributed by atoms with E-state index in [4.69, 9.17) is 5.73 Å². The molecule has 0 amide bonds. The summed E-state index contributed by atoms with van der Waals surface area (Å²) in [6.07, 6.45) is 0. The molecule has 0 aliphatic rings. The quantitative estimate of drug-likeness (QED) is 0.879. The van der Waals surface area contributed by atoms with E-state index in [0.29, 0.717) is 5.92 Å². The lowest BCUT2D eigenvalue weighted by molar-refractivity contribution is 0.486. The minimum absolute atomic E-state index is 0.542. The van der Waals surface area contributed by atoms with Crippen LogP contribution in [0.5, 0.6) is 0 Å². The molecule has 0 bridgehead atoms. The van der Waals surface area contributed by atoms with Crippen molar-refractivity contribution >= 4 is 5.82 Å². The molecule has 2 rings (SSSR count). The Morgan fingerprint density at radius 2 is 1.88 bits per heavy atom. The van der Waals surface area contributed by atoms with E-state index < -0.39 is 0 Å². The first-order valence-corrected chi connectivity index (χ1v) is 5.98. The highest BCUT2D eigenvalue weighted by Crippen LogP contribution is 2.29. The number of aryl methyl sites for hydroxylation is 1. The Kier molecular flexibility index (Phi) is 3.18. The summed E-state index contributed by atoms with van der Waals surface area (Å²) in [5.41, 5.74) is 9.38. The number of nitrogens with two attached hydrogens (primary N) is 1. The van der Waals surface area contributed by atoms with Gasteiger partial charge in [0.15, 0.2) is 0 Å². The van der Waals surface area contributed by atoms with Gasteiger partial charge in [-0.25, -0.2) is 4.68 Å². The molecular weight excluding hydrogens is 210 g/mol. The van der Waals surface area contributed by atoms with Gasteiger partial charge in [-0.1, -0.05) is 44.2 Å². The normalized spacial score (nSPS) is 11.1. The van der Waals surface area contributed by atoms with Crippen molar-refractivity contribution in [3.05, 3.63) is 36.0 Å². The van der Waals surface area contributed by atoms with E-state index in [2.05, 4.69) is 31.1 Å². The van der Waals surface area contributed by atoms with Crippen LogP contribution in [0.2, 0.25) is 0 Å². The Labute approximate surface area is 102 Å². The van der Waals surface area contributed by atoms with Crippen molar-refractivity contribution in [3.63, 3.8) is 0 Å². The van der Waals surface area contributed by atoms with Gasteiger partial charge in [0.05, 0.1) is 5.69 Å². The second-order valence-electron chi connectivity index (χ2n) is 4.79. The third-order valence-electron chi connectivity index (χ3n) is 2.77. The van der Waals surface area contributed by atoms with Crippen molar-refractivity contribution < 1.29 is 0 Å². The standard InChI is InChI=1S/C14H19N3/c1-10(2)9-17-14(15)13(11(3)16-17)12-7-5-4-6-8-12/h4-8,10H,9,15H2,1-3H3. The average molecular weight is 229 g/mol. The number of benzene rings is 1. The summed E-state index contributed by atoms with van der Waals surface area (Å²) in [7, 11) is 0. The molecule has 1 heterocycles. The third-order valence-corrected chi connectivity index (χ3v) is 2.77. The molecule has 2 N–H and O–H groups in total. The molecular formula is C14H19N3. The first kappa shape index (κ1) is 11.7. The first-order valence-electron chi connectivity index (χ1n) is 5.98. The van der Waals surface area contributed by atoms with Crippen LogP contribution in [0.3, 0.4) is 0 Å². The van der Waals surface area contributed by atoms with Crippen LogP contribution in [0.1, 0.15) is 19.5 Å². The van der Waals surface area contributed by atoms with Gasteiger partial charge in [-0.15, -0.1) is 0 Å². The van der Waals surface area contributed by atoms with Crippen LogP contribution in [0.4, 0.5) is 5.82 Å². The van der Waals surface area contributed by atoms with E-state index in [1.165, 1.54) is 0 Å². The third kappa shape index (κ3) is 2.33. The average Bonchev–Trinajstić information content (AvgIpc) is 2.54. The summed E-state index contributed by atoms with van der Waals surface area (Å²) in [6, 6.07) is 10.2. The molecule has 3 nitrogen and oxygen atoms in total. The molecule has 3 heteroatoms. The summed E-state index contributed by atoms with van der Waals surface area (Å²) in [5, 5.41) is 4.52.